The van der Waals surface area contributed by atoms with Gasteiger partial charge in [-0.05, 0) is 30.2 Å². The molecule has 0 aliphatic heterocycles. The number of sulfonamides is 1. The molecule has 118 valence electrons. The summed E-state index contributed by atoms with van der Waals surface area (Å²) >= 11 is 0. The second-order valence-corrected chi connectivity index (χ2v) is 6.24. The molecule has 8 heteroatoms. The second-order valence-electron chi connectivity index (χ2n) is 4.68. The Labute approximate surface area is 128 Å². The first-order valence-electron chi connectivity index (χ1n) is 6.59. The van der Waals surface area contributed by atoms with E-state index in [9.17, 15) is 13.2 Å². The number of carbonyl (C=O) groups excluding carboxylic acids is 1. The minimum atomic E-state index is -3.67. The Balaban J connectivity index is 1.73. The number of hydrogen-bond acceptors (Lipinski definition) is 4. The third-order valence-electron chi connectivity index (χ3n) is 2.98. The molecule has 7 nitrogen and oxygen atoms in total. The normalized spacial score (nSPS) is 11.1. The summed E-state index contributed by atoms with van der Waals surface area (Å²) in [4.78, 5) is 11.6. The van der Waals surface area contributed by atoms with Crippen molar-refractivity contribution in [3.8, 4) is 0 Å². The van der Waals surface area contributed by atoms with Gasteiger partial charge in [-0.3, -0.25) is 0 Å². The van der Waals surface area contributed by atoms with Gasteiger partial charge in [0.15, 0.2) is 0 Å². The van der Waals surface area contributed by atoms with Gasteiger partial charge in [-0.15, -0.1) is 0 Å². The molecule has 0 aliphatic rings. The van der Waals surface area contributed by atoms with Crippen LogP contribution in [0.5, 0.6) is 0 Å². The van der Waals surface area contributed by atoms with Crippen LogP contribution in [0.15, 0.2) is 52.2 Å². The van der Waals surface area contributed by atoms with Crippen LogP contribution < -0.4 is 15.8 Å². The van der Waals surface area contributed by atoms with Crippen molar-refractivity contribution < 1.29 is 17.6 Å². The maximum absolute atomic E-state index is 11.6. The molecule has 0 bridgehead atoms. The van der Waals surface area contributed by atoms with E-state index in [1.165, 1.54) is 12.1 Å². The van der Waals surface area contributed by atoms with E-state index in [4.69, 9.17) is 9.56 Å². The molecule has 22 heavy (non-hydrogen) atoms. The Morgan fingerprint density at radius 2 is 1.82 bits per heavy atom. The number of rotatable bonds is 6. The van der Waals surface area contributed by atoms with Crippen LogP contribution in [-0.4, -0.2) is 21.0 Å². The van der Waals surface area contributed by atoms with Crippen molar-refractivity contribution in [2.24, 2.45) is 5.14 Å². The van der Waals surface area contributed by atoms with E-state index in [-0.39, 0.29) is 10.9 Å². The highest BCUT2D eigenvalue weighted by Crippen LogP contribution is 2.08. The van der Waals surface area contributed by atoms with Crippen molar-refractivity contribution in [2.45, 2.75) is 17.9 Å². The molecule has 2 amide bonds. The van der Waals surface area contributed by atoms with Gasteiger partial charge in [0, 0.05) is 18.7 Å². The highest BCUT2D eigenvalue weighted by Gasteiger charge is 2.07. The van der Waals surface area contributed by atoms with Crippen LogP contribution in [0.4, 0.5) is 4.79 Å². The Hall–Kier alpha value is -2.32. The molecule has 0 atom stereocenters. The number of carbonyl (C=O) groups is 1. The summed E-state index contributed by atoms with van der Waals surface area (Å²) in [6, 6.07) is 7.73. The average molecular weight is 323 g/mol. The number of amides is 2. The number of primary sulfonamides is 1. The predicted octanol–water partition coefficient (Wildman–Crippen LogP) is 0.969. The first-order chi connectivity index (χ1) is 10.4. The zero-order valence-electron chi connectivity index (χ0n) is 11.8. The van der Waals surface area contributed by atoms with E-state index in [0.717, 1.165) is 11.1 Å². The third-order valence-corrected chi connectivity index (χ3v) is 3.91. The summed E-state index contributed by atoms with van der Waals surface area (Å²) in [7, 11) is -3.67. The van der Waals surface area contributed by atoms with Gasteiger partial charge >= 0.3 is 6.03 Å². The van der Waals surface area contributed by atoms with Crippen molar-refractivity contribution in [2.75, 3.05) is 6.54 Å². The van der Waals surface area contributed by atoms with Crippen molar-refractivity contribution in [1.29, 1.82) is 0 Å². The standard InChI is InChI=1S/C14H17N3O4S/c15-22(19,20)13-3-1-11(2-4-13)5-7-16-14(18)17-9-12-6-8-21-10-12/h1-4,6,8,10H,5,7,9H2,(H2,15,19,20)(H2,16,17,18). The van der Waals surface area contributed by atoms with Crippen LogP contribution in [0.2, 0.25) is 0 Å². The van der Waals surface area contributed by atoms with Crippen molar-refractivity contribution >= 4 is 16.1 Å². The van der Waals surface area contributed by atoms with Crippen LogP contribution in [0, 0.1) is 0 Å². The fourth-order valence-corrected chi connectivity index (χ4v) is 2.32. The van der Waals surface area contributed by atoms with E-state index >= 15 is 0 Å². The van der Waals surface area contributed by atoms with Gasteiger partial charge in [-0.25, -0.2) is 18.4 Å². The van der Waals surface area contributed by atoms with Gasteiger partial charge in [0.25, 0.3) is 0 Å². The molecule has 0 fully saturated rings. The number of hydrogen-bond donors (Lipinski definition) is 3. The molecule has 2 rings (SSSR count). The number of benzene rings is 1. The van der Waals surface area contributed by atoms with Gasteiger partial charge in [0.1, 0.15) is 0 Å². The predicted molar refractivity (Wildman–Crippen MR) is 80.5 cm³/mol. The SMILES string of the molecule is NS(=O)(=O)c1ccc(CCNC(=O)NCc2ccoc2)cc1. The molecule has 0 radical (unpaired) electrons. The lowest BCUT2D eigenvalue weighted by Gasteiger charge is -2.07. The molecule has 0 aliphatic carbocycles. The van der Waals surface area contributed by atoms with Gasteiger partial charge < -0.3 is 15.1 Å². The third kappa shape index (κ3) is 4.90. The molecule has 1 aromatic heterocycles. The van der Waals surface area contributed by atoms with Crippen LogP contribution in [0.1, 0.15) is 11.1 Å². The monoisotopic (exact) mass is 323 g/mol. The minimum Gasteiger partial charge on any atom is -0.472 e. The first-order valence-corrected chi connectivity index (χ1v) is 8.14. The maximum atomic E-state index is 11.6. The zero-order chi connectivity index (χ0) is 16.0. The van der Waals surface area contributed by atoms with Gasteiger partial charge in [0.05, 0.1) is 17.4 Å². The average Bonchev–Trinajstić information content (AvgIpc) is 2.98. The summed E-state index contributed by atoms with van der Waals surface area (Å²) in [6.45, 7) is 0.831. The number of nitrogens with two attached hydrogens (primary N) is 1. The summed E-state index contributed by atoms with van der Waals surface area (Å²) in [5.41, 5.74) is 1.79. The van der Waals surface area contributed by atoms with Gasteiger partial charge in [0.2, 0.25) is 10.0 Å². The highest BCUT2D eigenvalue weighted by atomic mass is 32.2. The fourth-order valence-electron chi connectivity index (χ4n) is 1.80. The van der Waals surface area contributed by atoms with E-state index in [2.05, 4.69) is 10.6 Å². The van der Waals surface area contributed by atoms with E-state index < -0.39 is 10.0 Å². The molecule has 0 saturated heterocycles. The summed E-state index contributed by atoms with van der Waals surface area (Å²) in [5.74, 6) is 0. The molecule has 4 N–H and O–H groups in total. The van der Waals surface area contributed by atoms with Crippen LogP contribution in [0.25, 0.3) is 0 Å². The lowest BCUT2D eigenvalue weighted by molar-refractivity contribution is 0.240. The minimum absolute atomic E-state index is 0.0714. The number of furan rings is 1. The number of nitrogens with one attached hydrogen (secondary N) is 2. The van der Waals surface area contributed by atoms with Gasteiger partial charge in [-0.2, -0.15) is 0 Å². The Morgan fingerprint density at radius 1 is 1.09 bits per heavy atom. The molecule has 0 saturated carbocycles. The lowest BCUT2D eigenvalue weighted by atomic mass is 10.1. The number of urea groups is 1. The molecular weight excluding hydrogens is 306 g/mol. The smallest absolute Gasteiger partial charge is 0.315 e. The molecular formula is C14H17N3O4S. The van der Waals surface area contributed by atoms with E-state index in [1.807, 2.05) is 0 Å². The summed E-state index contributed by atoms with van der Waals surface area (Å²) in [6.07, 6.45) is 3.69. The topological polar surface area (TPSA) is 114 Å². The molecule has 1 aromatic carbocycles. The Morgan fingerprint density at radius 3 is 2.41 bits per heavy atom. The Bertz CT molecular complexity index is 709. The quantitative estimate of drug-likeness (QED) is 0.734. The van der Waals surface area contributed by atoms with Crippen molar-refractivity contribution in [3.05, 3.63) is 54.0 Å². The van der Waals surface area contributed by atoms with Crippen LogP contribution in [0.3, 0.4) is 0 Å². The molecule has 0 spiro atoms. The molecule has 1 heterocycles. The fraction of sp³-hybridized carbons (Fsp3) is 0.214. The van der Waals surface area contributed by atoms with Crippen molar-refractivity contribution in [1.82, 2.24) is 10.6 Å². The first kappa shape index (κ1) is 16.1. The summed E-state index contributed by atoms with van der Waals surface area (Å²) in [5, 5.41) is 10.4. The second kappa shape index (κ2) is 7.10. The van der Waals surface area contributed by atoms with Crippen molar-refractivity contribution in [3.63, 3.8) is 0 Å². The highest BCUT2D eigenvalue weighted by molar-refractivity contribution is 7.89. The largest absolute Gasteiger partial charge is 0.472 e. The molecule has 0 unspecified atom stereocenters. The van der Waals surface area contributed by atoms with Gasteiger partial charge in [-0.1, -0.05) is 12.1 Å². The van der Waals surface area contributed by atoms with E-state index in [0.29, 0.717) is 19.5 Å². The van der Waals surface area contributed by atoms with Crippen LogP contribution >= 0.6 is 0 Å². The molecule has 2 aromatic rings. The summed E-state index contributed by atoms with van der Waals surface area (Å²) < 4.78 is 27.1. The van der Waals surface area contributed by atoms with Crippen LogP contribution in [-0.2, 0) is 23.0 Å². The van der Waals surface area contributed by atoms with E-state index in [1.54, 1.807) is 30.7 Å². The lowest BCUT2D eigenvalue weighted by Crippen LogP contribution is -2.36. The zero-order valence-corrected chi connectivity index (χ0v) is 12.6. The maximum Gasteiger partial charge on any atom is 0.315 e. The Kier molecular flexibility index (Phi) is 5.18.